The molecule has 0 unspecified atom stereocenters. The summed E-state index contributed by atoms with van der Waals surface area (Å²) in [5.74, 6) is -0.0652. The number of rotatable bonds is 7. The zero-order valence-electron chi connectivity index (χ0n) is 7.13. The first-order valence-electron chi connectivity index (χ1n) is 3.76. The third kappa shape index (κ3) is 8.90. The van der Waals surface area contributed by atoms with Crippen molar-refractivity contribution in [2.75, 3.05) is 26.3 Å². The molecule has 0 spiro atoms. The fraction of sp³-hybridized carbons (Fsp3) is 0.714. The second-order valence-electron chi connectivity index (χ2n) is 2.17. The minimum Gasteiger partial charge on any atom is -0.378 e. The van der Waals surface area contributed by atoms with Crippen LogP contribution in [0.25, 0.3) is 0 Å². The molecule has 0 saturated carbocycles. The summed E-state index contributed by atoms with van der Waals surface area (Å²) in [5, 5.41) is 5.04. The quantitative estimate of drug-likeness (QED) is 0.379. The van der Waals surface area contributed by atoms with E-state index < -0.39 is 0 Å². The van der Waals surface area contributed by atoms with E-state index in [-0.39, 0.29) is 5.91 Å². The van der Waals surface area contributed by atoms with Crippen LogP contribution in [-0.4, -0.2) is 38.6 Å². The molecule has 0 aliphatic rings. The van der Waals surface area contributed by atoms with Crippen molar-refractivity contribution in [1.29, 1.82) is 0 Å². The van der Waals surface area contributed by atoms with Gasteiger partial charge in [0.15, 0.2) is 0 Å². The topological polar surface area (TPSA) is 67.4 Å². The summed E-state index contributed by atoms with van der Waals surface area (Å²) in [7, 11) is 0. The van der Waals surface area contributed by atoms with Crippen LogP contribution in [0, 0.1) is 0 Å². The lowest BCUT2D eigenvalue weighted by molar-refractivity contribution is -0.119. The predicted octanol–water partition coefficient (Wildman–Crippen LogP) is -1.11. The minimum atomic E-state index is -0.0652. The highest BCUT2D eigenvalue weighted by atomic mass is 16.5. The molecule has 0 fully saturated rings. The van der Waals surface area contributed by atoms with Crippen LogP contribution in [0.4, 0.5) is 0 Å². The molecule has 12 heavy (non-hydrogen) atoms. The number of hydrogen-bond donors (Lipinski definition) is 2. The lowest BCUT2D eigenvalue weighted by Gasteiger charge is -2.03. The van der Waals surface area contributed by atoms with Gasteiger partial charge in [0.25, 0.3) is 0 Å². The summed E-state index contributed by atoms with van der Waals surface area (Å²) in [6.07, 6.45) is 0.622. The number of amides is 2. The van der Waals surface area contributed by atoms with Crippen LogP contribution in [0.1, 0.15) is 6.92 Å². The molecule has 0 aliphatic carbocycles. The Bertz CT molecular complexity index is 139. The van der Waals surface area contributed by atoms with Crippen molar-refractivity contribution in [3.8, 4) is 0 Å². The van der Waals surface area contributed by atoms with E-state index in [1.165, 1.54) is 6.92 Å². The van der Waals surface area contributed by atoms with Crippen LogP contribution in [-0.2, 0) is 14.3 Å². The number of carbonyl (C=O) groups excluding carboxylic acids is 2. The van der Waals surface area contributed by atoms with Gasteiger partial charge in [0.05, 0.1) is 13.2 Å². The largest absolute Gasteiger partial charge is 0.378 e. The molecule has 5 heteroatoms. The SMILES string of the molecule is CC(=O)NCCOCCNC=O. The number of hydrogen-bond acceptors (Lipinski definition) is 3. The Balaban J connectivity index is 2.90. The van der Waals surface area contributed by atoms with Gasteiger partial charge in [0.2, 0.25) is 12.3 Å². The first-order chi connectivity index (χ1) is 5.77. The standard InChI is InChI=1S/C7H14N2O3/c1-7(11)9-3-5-12-4-2-8-6-10/h6H,2-5H2,1H3,(H,8,10)(H,9,11). The molecule has 0 aromatic heterocycles. The Kier molecular flexibility index (Phi) is 7.27. The van der Waals surface area contributed by atoms with Gasteiger partial charge in [-0.1, -0.05) is 0 Å². The molecule has 0 radical (unpaired) electrons. The van der Waals surface area contributed by atoms with Crippen LogP contribution < -0.4 is 10.6 Å². The number of ether oxygens (including phenoxy) is 1. The molecular formula is C7H14N2O3. The number of nitrogens with one attached hydrogen (secondary N) is 2. The zero-order valence-corrected chi connectivity index (χ0v) is 7.13. The van der Waals surface area contributed by atoms with Gasteiger partial charge in [-0.25, -0.2) is 0 Å². The summed E-state index contributed by atoms with van der Waals surface area (Å²) in [6, 6.07) is 0. The van der Waals surface area contributed by atoms with Gasteiger partial charge in [-0.15, -0.1) is 0 Å². The molecule has 70 valence electrons. The van der Waals surface area contributed by atoms with Gasteiger partial charge in [0, 0.05) is 20.0 Å². The Morgan fingerprint density at radius 2 is 2.08 bits per heavy atom. The predicted molar refractivity (Wildman–Crippen MR) is 43.6 cm³/mol. The minimum absolute atomic E-state index is 0.0652. The van der Waals surface area contributed by atoms with E-state index in [2.05, 4.69) is 10.6 Å². The third-order valence-corrected chi connectivity index (χ3v) is 1.09. The van der Waals surface area contributed by atoms with Crippen molar-refractivity contribution >= 4 is 12.3 Å². The molecule has 0 aromatic rings. The van der Waals surface area contributed by atoms with Crippen molar-refractivity contribution in [3.63, 3.8) is 0 Å². The van der Waals surface area contributed by atoms with Gasteiger partial charge >= 0.3 is 0 Å². The van der Waals surface area contributed by atoms with E-state index in [4.69, 9.17) is 4.74 Å². The Morgan fingerprint density at radius 1 is 1.42 bits per heavy atom. The summed E-state index contributed by atoms with van der Waals surface area (Å²) in [5.41, 5.74) is 0. The second-order valence-corrected chi connectivity index (χ2v) is 2.17. The lowest BCUT2D eigenvalue weighted by Crippen LogP contribution is -2.26. The molecule has 0 atom stereocenters. The lowest BCUT2D eigenvalue weighted by atomic mass is 10.6. The van der Waals surface area contributed by atoms with E-state index in [1.54, 1.807) is 0 Å². The van der Waals surface area contributed by atoms with E-state index in [9.17, 15) is 9.59 Å². The third-order valence-electron chi connectivity index (χ3n) is 1.09. The molecular weight excluding hydrogens is 160 g/mol. The van der Waals surface area contributed by atoms with E-state index in [1.807, 2.05) is 0 Å². The van der Waals surface area contributed by atoms with Gasteiger partial charge in [-0.2, -0.15) is 0 Å². The molecule has 5 nitrogen and oxygen atoms in total. The van der Waals surface area contributed by atoms with Gasteiger partial charge < -0.3 is 15.4 Å². The Morgan fingerprint density at radius 3 is 2.67 bits per heavy atom. The van der Waals surface area contributed by atoms with Crippen molar-refractivity contribution in [1.82, 2.24) is 10.6 Å². The summed E-state index contributed by atoms with van der Waals surface area (Å²) in [4.78, 5) is 20.1. The summed E-state index contributed by atoms with van der Waals surface area (Å²) >= 11 is 0. The monoisotopic (exact) mass is 174 g/mol. The molecule has 0 aromatic carbocycles. The maximum Gasteiger partial charge on any atom is 0.216 e. The maximum absolute atomic E-state index is 10.4. The van der Waals surface area contributed by atoms with Crippen molar-refractivity contribution in [2.45, 2.75) is 6.92 Å². The van der Waals surface area contributed by atoms with Crippen molar-refractivity contribution in [2.24, 2.45) is 0 Å². The first kappa shape index (κ1) is 10.9. The molecule has 2 N–H and O–H groups in total. The molecule has 2 amide bonds. The summed E-state index contributed by atoms with van der Waals surface area (Å²) in [6.45, 7) is 3.41. The van der Waals surface area contributed by atoms with E-state index >= 15 is 0 Å². The smallest absolute Gasteiger partial charge is 0.216 e. The van der Waals surface area contributed by atoms with E-state index in [0.29, 0.717) is 32.7 Å². The normalized spacial score (nSPS) is 9.08. The Hall–Kier alpha value is -1.10. The fourth-order valence-electron chi connectivity index (χ4n) is 0.591. The molecule has 0 saturated heterocycles. The first-order valence-corrected chi connectivity index (χ1v) is 3.76. The van der Waals surface area contributed by atoms with Crippen LogP contribution in [0.2, 0.25) is 0 Å². The second kappa shape index (κ2) is 8.00. The highest BCUT2D eigenvalue weighted by Gasteiger charge is 1.90. The van der Waals surface area contributed by atoms with Crippen molar-refractivity contribution in [3.05, 3.63) is 0 Å². The number of carbonyl (C=O) groups is 2. The maximum atomic E-state index is 10.4. The van der Waals surface area contributed by atoms with Gasteiger partial charge in [-0.3, -0.25) is 9.59 Å². The average molecular weight is 174 g/mol. The van der Waals surface area contributed by atoms with Crippen LogP contribution in [0.3, 0.4) is 0 Å². The molecule has 0 heterocycles. The van der Waals surface area contributed by atoms with Gasteiger partial charge in [0.1, 0.15) is 0 Å². The highest BCUT2D eigenvalue weighted by molar-refractivity contribution is 5.72. The fourth-order valence-corrected chi connectivity index (χ4v) is 0.591. The molecule has 0 bridgehead atoms. The van der Waals surface area contributed by atoms with E-state index in [0.717, 1.165) is 0 Å². The van der Waals surface area contributed by atoms with Crippen LogP contribution >= 0.6 is 0 Å². The summed E-state index contributed by atoms with van der Waals surface area (Å²) < 4.78 is 5.05. The van der Waals surface area contributed by atoms with Gasteiger partial charge in [-0.05, 0) is 0 Å². The highest BCUT2D eigenvalue weighted by Crippen LogP contribution is 1.71. The van der Waals surface area contributed by atoms with Crippen LogP contribution in [0.15, 0.2) is 0 Å². The molecule has 0 aliphatic heterocycles. The Labute approximate surface area is 71.5 Å². The molecule has 0 rings (SSSR count). The van der Waals surface area contributed by atoms with Crippen LogP contribution in [0.5, 0.6) is 0 Å². The average Bonchev–Trinajstić information content (AvgIpc) is 2.02. The van der Waals surface area contributed by atoms with Crippen molar-refractivity contribution < 1.29 is 14.3 Å². The zero-order chi connectivity index (χ0) is 9.23.